The number of nitrogens with one attached hydrogen (secondary N) is 2. The summed E-state index contributed by atoms with van der Waals surface area (Å²) < 4.78 is 1.80. The van der Waals surface area contributed by atoms with Gasteiger partial charge in [0, 0.05) is 36.3 Å². The van der Waals surface area contributed by atoms with Crippen molar-refractivity contribution >= 4 is 21.7 Å². The van der Waals surface area contributed by atoms with Gasteiger partial charge in [-0.3, -0.25) is 9.78 Å². The molecule has 0 radical (unpaired) electrons. The average Bonchev–Trinajstić information content (AvgIpc) is 3.51. The van der Waals surface area contributed by atoms with Crippen molar-refractivity contribution in [2.75, 3.05) is 6.54 Å². The minimum Gasteiger partial charge on any atom is -0.357 e. The first-order valence-corrected chi connectivity index (χ1v) is 11.5. The standard InChI is InChI=1S/C26H28N4O/c31-26-24-15-28-14-23(19-6-7-19)22(24)8-9-30(26)16-18-4-5-20-11-21(29-25(20)10-18)13-27-12-17-2-1-3-17/h4-5,8-11,14-15,17,19,27,29H,1-3,6-7,12-13,16H2. The van der Waals surface area contributed by atoms with Gasteiger partial charge in [0.2, 0.25) is 0 Å². The Bertz CT molecular complexity index is 1310. The zero-order chi connectivity index (χ0) is 20.8. The fourth-order valence-electron chi connectivity index (χ4n) is 4.81. The maximum Gasteiger partial charge on any atom is 0.260 e. The summed E-state index contributed by atoms with van der Waals surface area (Å²) in [7, 11) is 0. The molecule has 0 aliphatic heterocycles. The van der Waals surface area contributed by atoms with E-state index in [0.717, 1.165) is 40.9 Å². The van der Waals surface area contributed by atoms with Crippen LogP contribution in [0.25, 0.3) is 21.7 Å². The second-order valence-corrected chi connectivity index (χ2v) is 9.36. The Morgan fingerprint density at radius 1 is 1.06 bits per heavy atom. The highest BCUT2D eigenvalue weighted by Crippen LogP contribution is 2.42. The molecule has 31 heavy (non-hydrogen) atoms. The van der Waals surface area contributed by atoms with E-state index >= 15 is 0 Å². The number of fused-ring (bicyclic) bond motifs is 2. The number of aromatic amines is 1. The number of H-pyrrole nitrogens is 1. The molecule has 2 aliphatic rings. The second-order valence-electron chi connectivity index (χ2n) is 9.36. The van der Waals surface area contributed by atoms with Gasteiger partial charge in [-0.05, 0) is 84.2 Å². The highest BCUT2D eigenvalue weighted by Gasteiger charge is 2.26. The summed E-state index contributed by atoms with van der Waals surface area (Å²) in [4.78, 5) is 21.0. The smallest absolute Gasteiger partial charge is 0.260 e. The lowest BCUT2D eigenvalue weighted by atomic mass is 9.85. The van der Waals surface area contributed by atoms with E-state index in [4.69, 9.17) is 0 Å². The molecule has 2 aliphatic carbocycles. The van der Waals surface area contributed by atoms with Crippen LogP contribution in [0, 0.1) is 5.92 Å². The summed E-state index contributed by atoms with van der Waals surface area (Å²) in [5.74, 6) is 1.45. The fourth-order valence-corrected chi connectivity index (χ4v) is 4.81. The number of hydrogen-bond donors (Lipinski definition) is 2. The van der Waals surface area contributed by atoms with Crippen molar-refractivity contribution in [1.82, 2.24) is 19.9 Å². The lowest BCUT2D eigenvalue weighted by Crippen LogP contribution is -2.26. The summed E-state index contributed by atoms with van der Waals surface area (Å²) in [6.07, 6.45) is 12.1. The van der Waals surface area contributed by atoms with Crippen LogP contribution in [0.3, 0.4) is 0 Å². The Balaban J connectivity index is 1.23. The molecule has 0 saturated heterocycles. The quantitative estimate of drug-likeness (QED) is 0.463. The molecular weight excluding hydrogens is 384 g/mol. The van der Waals surface area contributed by atoms with Crippen molar-refractivity contribution in [2.45, 2.75) is 51.1 Å². The maximum atomic E-state index is 13.1. The Morgan fingerprint density at radius 2 is 1.97 bits per heavy atom. The SMILES string of the molecule is O=c1c2cncc(C3CC3)c2ccn1Cc1ccc2cc(CNCC3CCC3)[nH]c2c1. The van der Waals surface area contributed by atoms with Gasteiger partial charge in [0.25, 0.3) is 5.56 Å². The van der Waals surface area contributed by atoms with Crippen LogP contribution in [0.2, 0.25) is 0 Å². The number of nitrogens with zero attached hydrogens (tertiary/aromatic N) is 2. The van der Waals surface area contributed by atoms with E-state index < -0.39 is 0 Å². The number of hydrogen-bond acceptors (Lipinski definition) is 3. The molecule has 0 atom stereocenters. The van der Waals surface area contributed by atoms with Crippen LogP contribution in [-0.2, 0) is 13.1 Å². The van der Waals surface area contributed by atoms with Crippen LogP contribution in [0.5, 0.6) is 0 Å². The highest BCUT2D eigenvalue weighted by atomic mass is 16.1. The van der Waals surface area contributed by atoms with Crippen LogP contribution in [-0.4, -0.2) is 21.1 Å². The van der Waals surface area contributed by atoms with Crippen LogP contribution < -0.4 is 10.9 Å². The minimum atomic E-state index is 0.0416. The molecule has 6 rings (SSSR count). The first kappa shape index (κ1) is 18.8. The molecule has 2 N–H and O–H groups in total. The molecule has 3 heterocycles. The summed E-state index contributed by atoms with van der Waals surface area (Å²) in [5.41, 5.74) is 4.74. The van der Waals surface area contributed by atoms with Gasteiger partial charge >= 0.3 is 0 Å². The van der Waals surface area contributed by atoms with Gasteiger partial charge in [0.05, 0.1) is 11.9 Å². The molecule has 0 unspecified atom stereocenters. The fraction of sp³-hybridized carbons (Fsp3) is 0.385. The van der Waals surface area contributed by atoms with Crippen molar-refractivity contribution in [3.05, 3.63) is 76.1 Å². The largest absolute Gasteiger partial charge is 0.357 e. The van der Waals surface area contributed by atoms with Crippen molar-refractivity contribution in [1.29, 1.82) is 0 Å². The second kappa shape index (κ2) is 7.65. The maximum absolute atomic E-state index is 13.1. The van der Waals surface area contributed by atoms with Crippen molar-refractivity contribution in [3.8, 4) is 0 Å². The van der Waals surface area contributed by atoms with E-state index in [2.05, 4.69) is 45.6 Å². The first-order chi connectivity index (χ1) is 15.2. The lowest BCUT2D eigenvalue weighted by Gasteiger charge is -2.25. The molecule has 5 nitrogen and oxygen atoms in total. The zero-order valence-corrected chi connectivity index (χ0v) is 17.7. The monoisotopic (exact) mass is 412 g/mol. The van der Waals surface area contributed by atoms with E-state index in [1.165, 1.54) is 48.7 Å². The van der Waals surface area contributed by atoms with Gasteiger partial charge in [-0.25, -0.2) is 0 Å². The number of pyridine rings is 2. The zero-order valence-electron chi connectivity index (χ0n) is 17.7. The Kier molecular flexibility index (Phi) is 4.64. The predicted octanol–water partition coefficient (Wildman–Crippen LogP) is 4.69. The van der Waals surface area contributed by atoms with Crippen LogP contribution >= 0.6 is 0 Å². The highest BCUT2D eigenvalue weighted by molar-refractivity contribution is 5.84. The van der Waals surface area contributed by atoms with Gasteiger partial charge in [-0.1, -0.05) is 18.6 Å². The van der Waals surface area contributed by atoms with Crippen LogP contribution in [0.4, 0.5) is 0 Å². The van der Waals surface area contributed by atoms with Gasteiger partial charge < -0.3 is 14.9 Å². The number of rotatable bonds is 7. The van der Waals surface area contributed by atoms with E-state index in [1.807, 2.05) is 12.4 Å². The van der Waals surface area contributed by atoms with Gasteiger partial charge in [-0.2, -0.15) is 0 Å². The van der Waals surface area contributed by atoms with E-state index in [1.54, 1.807) is 10.8 Å². The van der Waals surface area contributed by atoms with E-state index in [0.29, 0.717) is 12.5 Å². The van der Waals surface area contributed by atoms with E-state index in [-0.39, 0.29) is 5.56 Å². The van der Waals surface area contributed by atoms with Gasteiger partial charge in [0.1, 0.15) is 0 Å². The summed E-state index contributed by atoms with van der Waals surface area (Å²) in [5, 5.41) is 6.59. The first-order valence-electron chi connectivity index (χ1n) is 11.5. The normalized spacial score (nSPS) is 16.8. The molecular formula is C26H28N4O. The summed E-state index contributed by atoms with van der Waals surface area (Å²) in [6, 6.07) is 10.7. The lowest BCUT2D eigenvalue weighted by molar-refractivity contribution is 0.301. The Morgan fingerprint density at radius 3 is 2.77 bits per heavy atom. The molecule has 158 valence electrons. The van der Waals surface area contributed by atoms with Crippen LogP contribution in [0.1, 0.15) is 54.8 Å². The average molecular weight is 413 g/mol. The third kappa shape index (κ3) is 3.68. The molecule has 0 spiro atoms. The molecule has 1 aromatic carbocycles. The number of benzene rings is 1. The molecule has 2 fully saturated rings. The third-order valence-electron chi connectivity index (χ3n) is 7.02. The van der Waals surface area contributed by atoms with Crippen molar-refractivity contribution in [2.24, 2.45) is 5.92 Å². The Labute approximate surface area is 181 Å². The molecule has 3 aromatic heterocycles. The van der Waals surface area contributed by atoms with Gasteiger partial charge in [-0.15, -0.1) is 0 Å². The third-order valence-corrected chi connectivity index (χ3v) is 7.02. The summed E-state index contributed by atoms with van der Waals surface area (Å²) in [6.45, 7) is 2.55. The predicted molar refractivity (Wildman–Crippen MR) is 124 cm³/mol. The Hall–Kier alpha value is -2.92. The van der Waals surface area contributed by atoms with Crippen molar-refractivity contribution < 1.29 is 0 Å². The molecule has 2 saturated carbocycles. The number of aromatic nitrogens is 3. The van der Waals surface area contributed by atoms with Crippen LogP contribution in [0.15, 0.2) is 53.7 Å². The molecule has 4 aromatic rings. The summed E-state index contributed by atoms with van der Waals surface area (Å²) >= 11 is 0. The minimum absolute atomic E-state index is 0.0416. The molecule has 0 bridgehead atoms. The van der Waals surface area contributed by atoms with Crippen molar-refractivity contribution in [3.63, 3.8) is 0 Å². The molecule has 0 amide bonds. The topological polar surface area (TPSA) is 62.7 Å². The van der Waals surface area contributed by atoms with E-state index in [9.17, 15) is 4.79 Å². The van der Waals surface area contributed by atoms with Gasteiger partial charge in [0.15, 0.2) is 0 Å². The molecule has 5 heteroatoms.